The first-order valence-electron chi connectivity index (χ1n) is 4.17. The molecule has 84 valence electrons. The molecule has 0 spiro atoms. The van der Waals surface area contributed by atoms with Gasteiger partial charge in [-0.2, -0.15) is 5.26 Å². The van der Waals surface area contributed by atoms with Crippen molar-refractivity contribution in [2.75, 3.05) is 6.44 Å². The van der Waals surface area contributed by atoms with Crippen molar-refractivity contribution in [3.8, 4) is 6.07 Å². The van der Waals surface area contributed by atoms with E-state index in [1.807, 2.05) is 4.72 Å². The van der Waals surface area contributed by atoms with Gasteiger partial charge in [-0.1, -0.05) is 0 Å². The summed E-state index contributed by atoms with van der Waals surface area (Å²) >= 11 is 0. The van der Waals surface area contributed by atoms with E-state index in [1.54, 1.807) is 6.07 Å². The highest BCUT2D eigenvalue weighted by Gasteiger charge is 2.17. The van der Waals surface area contributed by atoms with E-state index >= 15 is 0 Å². The molecule has 0 aliphatic heterocycles. The second-order valence-electron chi connectivity index (χ2n) is 2.82. The SMILES string of the molecule is N#Cc1ccc(S(=O)(=O)NCB(O)O)cn1. The third-order valence-corrected chi connectivity index (χ3v) is 3.03. The lowest BCUT2D eigenvalue weighted by atomic mass is 9.94. The third kappa shape index (κ3) is 3.28. The van der Waals surface area contributed by atoms with Gasteiger partial charge in [0.1, 0.15) is 16.7 Å². The van der Waals surface area contributed by atoms with Crippen LogP contribution in [0.5, 0.6) is 0 Å². The minimum Gasteiger partial charge on any atom is -0.426 e. The Balaban J connectivity index is 2.87. The van der Waals surface area contributed by atoms with Crippen LogP contribution in [0.15, 0.2) is 23.2 Å². The van der Waals surface area contributed by atoms with Crippen LogP contribution in [0, 0.1) is 11.3 Å². The highest BCUT2D eigenvalue weighted by molar-refractivity contribution is 7.89. The summed E-state index contributed by atoms with van der Waals surface area (Å²) in [5.41, 5.74) is 0.0983. The van der Waals surface area contributed by atoms with Gasteiger partial charge in [-0.25, -0.2) is 18.1 Å². The van der Waals surface area contributed by atoms with Crippen LogP contribution in [-0.4, -0.2) is 37.0 Å². The largest absolute Gasteiger partial charge is 0.467 e. The summed E-state index contributed by atoms with van der Waals surface area (Å²) in [7, 11) is -5.59. The molecule has 0 saturated carbocycles. The van der Waals surface area contributed by atoms with Gasteiger partial charge < -0.3 is 10.0 Å². The Bertz CT molecular complexity index is 493. The van der Waals surface area contributed by atoms with E-state index in [4.69, 9.17) is 15.3 Å². The van der Waals surface area contributed by atoms with E-state index in [0.29, 0.717) is 0 Å². The average Bonchev–Trinajstić information content (AvgIpc) is 2.27. The first-order chi connectivity index (χ1) is 7.45. The fraction of sp³-hybridized carbons (Fsp3) is 0.143. The molecule has 9 heteroatoms. The van der Waals surface area contributed by atoms with Crippen molar-refractivity contribution in [3.63, 3.8) is 0 Å². The molecule has 0 aliphatic carbocycles. The second-order valence-corrected chi connectivity index (χ2v) is 4.59. The Morgan fingerprint density at radius 1 is 1.50 bits per heavy atom. The minimum atomic E-state index is -3.82. The number of sulfonamides is 1. The topological polar surface area (TPSA) is 123 Å². The van der Waals surface area contributed by atoms with Crippen LogP contribution >= 0.6 is 0 Å². The summed E-state index contributed by atoms with van der Waals surface area (Å²) in [6.07, 6.45) is 0.507. The molecular formula is C7H8BN3O4S. The van der Waals surface area contributed by atoms with Crippen molar-refractivity contribution in [2.45, 2.75) is 4.90 Å². The molecule has 1 rings (SSSR count). The van der Waals surface area contributed by atoms with E-state index < -0.39 is 23.6 Å². The molecule has 1 heterocycles. The molecule has 0 aromatic carbocycles. The van der Waals surface area contributed by atoms with E-state index in [2.05, 4.69) is 4.98 Å². The molecule has 0 bridgehead atoms. The van der Waals surface area contributed by atoms with Crippen LogP contribution in [0.3, 0.4) is 0 Å². The maximum Gasteiger partial charge on any atom is 0.467 e. The molecule has 1 aromatic heterocycles. The number of aromatic nitrogens is 1. The molecule has 3 N–H and O–H groups in total. The van der Waals surface area contributed by atoms with Crippen LogP contribution in [-0.2, 0) is 10.0 Å². The smallest absolute Gasteiger partial charge is 0.426 e. The quantitative estimate of drug-likeness (QED) is 0.536. The van der Waals surface area contributed by atoms with E-state index in [9.17, 15) is 8.42 Å². The zero-order chi connectivity index (χ0) is 12.2. The molecule has 0 fully saturated rings. The summed E-state index contributed by atoms with van der Waals surface area (Å²) in [5, 5.41) is 25.5. The lowest BCUT2D eigenvalue weighted by Gasteiger charge is -2.05. The summed E-state index contributed by atoms with van der Waals surface area (Å²) in [6.45, 7) is 0. The van der Waals surface area contributed by atoms with E-state index in [-0.39, 0.29) is 10.6 Å². The van der Waals surface area contributed by atoms with Crippen LogP contribution in [0.2, 0.25) is 0 Å². The van der Waals surface area contributed by atoms with Gasteiger partial charge in [0.15, 0.2) is 0 Å². The predicted molar refractivity (Wildman–Crippen MR) is 54.3 cm³/mol. The summed E-state index contributed by atoms with van der Waals surface area (Å²) in [4.78, 5) is 3.44. The number of hydrogen-bond acceptors (Lipinski definition) is 6. The Morgan fingerprint density at radius 3 is 2.62 bits per heavy atom. The minimum absolute atomic E-state index is 0.0983. The summed E-state index contributed by atoms with van der Waals surface area (Å²) in [6, 6.07) is 4.21. The molecule has 0 amide bonds. The van der Waals surface area contributed by atoms with Crippen molar-refractivity contribution >= 4 is 17.1 Å². The third-order valence-electron chi connectivity index (χ3n) is 1.62. The predicted octanol–water partition coefficient (Wildman–Crippen LogP) is -1.76. The van der Waals surface area contributed by atoms with Gasteiger partial charge in [-0.3, -0.25) is 0 Å². The molecule has 0 atom stereocenters. The Morgan fingerprint density at radius 2 is 2.19 bits per heavy atom. The van der Waals surface area contributed by atoms with Crippen molar-refractivity contribution in [3.05, 3.63) is 24.0 Å². The Hall–Kier alpha value is -1.47. The number of pyridine rings is 1. The fourth-order valence-electron chi connectivity index (χ4n) is 0.873. The van der Waals surface area contributed by atoms with Crippen LogP contribution in [0.25, 0.3) is 0 Å². The lowest BCUT2D eigenvalue weighted by molar-refractivity contribution is 0.404. The molecule has 0 unspecified atom stereocenters. The van der Waals surface area contributed by atoms with Gasteiger partial charge in [0, 0.05) is 12.6 Å². The van der Waals surface area contributed by atoms with Gasteiger partial charge in [0.25, 0.3) is 0 Å². The Kier molecular flexibility index (Phi) is 3.97. The second kappa shape index (κ2) is 5.04. The zero-order valence-corrected chi connectivity index (χ0v) is 8.85. The van der Waals surface area contributed by atoms with Crippen LogP contribution < -0.4 is 4.72 Å². The summed E-state index contributed by atoms with van der Waals surface area (Å²) < 4.78 is 24.9. The van der Waals surface area contributed by atoms with E-state index in [0.717, 1.165) is 6.20 Å². The van der Waals surface area contributed by atoms with Gasteiger partial charge in [0.05, 0.1) is 0 Å². The fourth-order valence-corrected chi connectivity index (χ4v) is 1.85. The first kappa shape index (κ1) is 12.6. The van der Waals surface area contributed by atoms with Crippen molar-refractivity contribution in [1.82, 2.24) is 9.71 Å². The normalized spacial score (nSPS) is 10.8. The van der Waals surface area contributed by atoms with Crippen LogP contribution in [0.1, 0.15) is 5.69 Å². The molecule has 0 saturated heterocycles. The number of rotatable bonds is 4. The summed E-state index contributed by atoms with van der Waals surface area (Å²) in [5.74, 6) is 0. The number of nitriles is 1. The molecule has 1 aromatic rings. The Labute approximate surface area is 92.6 Å². The first-order valence-corrected chi connectivity index (χ1v) is 5.66. The maximum atomic E-state index is 11.5. The monoisotopic (exact) mass is 241 g/mol. The van der Waals surface area contributed by atoms with E-state index in [1.165, 1.54) is 12.1 Å². The van der Waals surface area contributed by atoms with Gasteiger partial charge >= 0.3 is 7.12 Å². The van der Waals surface area contributed by atoms with Crippen molar-refractivity contribution < 1.29 is 18.5 Å². The zero-order valence-electron chi connectivity index (χ0n) is 8.03. The molecule has 0 radical (unpaired) electrons. The standard InChI is InChI=1S/C7H8BN3O4S/c9-3-6-1-2-7(4-10-6)16(14,15)11-5-8(12)13/h1-2,4,11-13H,5H2. The number of nitrogens with zero attached hydrogens (tertiary/aromatic N) is 2. The van der Waals surface area contributed by atoms with Gasteiger partial charge in [-0.15, -0.1) is 0 Å². The molecule has 16 heavy (non-hydrogen) atoms. The van der Waals surface area contributed by atoms with Crippen LogP contribution in [0.4, 0.5) is 0 Å². The van der Waals surface area contributed by atoms with Gasteiger partial charge in [0.2, 0.25) is 10.0 Å². The van der Waals surface area contributed by atoms with Crippen molar-refractivity contribution in [2.24, 2.45) is 0 Å². The molecular weight excluding hydrogens is 233 g/mol. The van der Waals surface area contributed by atoms with Gasteiger partial charge in [-0.05, 0) is 12.1 Å². The number of nitrogens with one attached hydrogen (secondary N) is 1. The highest BCUT2D eigenvalue weighted by Crippen LogP contribution is 2.06. The lowest BCUT2D eigenvalue weighted by Crippen LogP contribution is -2.35. The molecule has 0 aliphatic rings. The van der Waals surface area contributed by atoms with Crippen molar-refractivity contribution in [1.29, 1.82) is 5.26 Å². The molecule has 7 nitrogen and oxygen atoms in total. The maximum absolute atomic E-state index is 11.5. The number of hydrogen-bond donors (Lipinski definition) is 3. The highest BCUT2D eigenvalue weighted by atomic mass is 32.2. The average molecular weight is 241 g/mol.